The number of hydrogen-bond donors (Lipinski definition) is 0. The maximum atomic E-state index is 2.54. The molecule has 0 N–H and O–H groups in total. The second kappa shape index (κ2) is 11.5. The lowest BCUT2D eigenvalue weighted by molar-refractivity contribution is 0.220. The molecular weight excluding hydrogens is 408 g/mol. The van der Waals surface area contributed by atoms with Gasteiger partial charge in [-0.2, -0.15) is 0 Å². The van der Waals surface area contributed by atoms with Crippen LogP contribution in [-0.2, 0) is 18.3 Å². The van der Waals surface area contributed by atoms with Gasteiger partial charge in [-0.3, -0.25) is 0 Å². The zero-order valence-corrected chi connectivity index (χ0v) is 21.2. The molecule has 0 fully saturated rings. The van der Waals surface area contributed by atoms with E-state index in [2.05, 4.69) is 124 Å². The van der Waals surface area contributed by atoms with Crippen molar-refractivity contribution in [2.45, 2.75) is 64.7 Å². The van der Waals surface area contributed by atoms with Crippen LogP contribution in [0.2, 0.25) is 0 Å². The number of benzene rings is 4. The fourth-order valence-electron chi connectivity index (χ4n) is 5.78. The van der Waals surface area contributed by atoms with Crippen molar-refractivity contribution in [2.75, 3.05) is 0 Å². The van der Waals surface area contributed by atoms with Crippen LogP contribution in [0.4, 0.5) is 0 Å². The summed E-state index contributed by atoms with van der Waals surface area (Å²) in [5, 5.41) is 2.68. The Balaban J connectivity index is 1.70. The summed E-state index contributed by atoms with van der Waals surface area (Å²) in [5.41, 5.74) is 4.48. The Labute approximate surface area is 207 Å². The van der Waals surface area contributed by atoms with E-state index in [-0.39, 0.29) is 5.41 Å². The van der Waals surface area contributed by atoms with E-state index < -0.39 is 0 Å². The molecule has 0 radical (unpaired) electrons. The molecule has 0 amide bonds. The predicted octanol–water partition coefficient (Wildman–Crippen LogP) is 9.42. The van der Waals surface area contributed by atoms with E-state index in [9.17, 15) is 0 Å². The monoisotopic (exact) mass is 448 g/mol. The third kappa shape index (κ3) is 5.98. The van der Waals surface area contributed by atoms with Crippen LogP contribution in [0.3, 0.4) is 0 Å². The van der Waals surface area contributed by atoms with E-state index in [1.54, 1.807) is 0 Å². The molecule has 0 bridgehead atoms. The molecule has 0 aromatic heterocycles. The molecule has 0 nitrogen and oxygen atoms in total. The second-order valence-electron chi connectivity index (χ2n) is 10.5. The first-order chi connectivity index (χ1) is 16.6. The molecule has 0 heteroatoms. The summed E-state index contributed by atoms with van der Waals surface area (Å²) in [6.07, 6.45) is 7.32. The molecule has 4 aromatic carbocycles. The van der Waals surface area contributed by atoms with Crippen molar-refractivity contribution in [3.05, 3.63) is 120 Å². The Morgan fingerprint density at radius 1 is 0.706 bits per heavy atom. The fraction of sp³-hybridized carbons (Fsp3) is 0.353. The van der Waals surface area contributed by atoms with E-state index in [1.807, 2.05) is 0 Å². The number of rotatable bonds is 11. The maximum Gasteiger partial charge on any atom is -0.000639 e. The van der Waals surface area contributed by atoms with Gasteiger partial charge in [-0.25, -0.2) is 0 Å². The van der Waals surface area contributed by atoms with Gasteiger partial charge in [-0.1, -0.05) is 137 Å². The molecule has 0 saturated carbocycles. The van der Waals surface area contributed by atoms with Crippen molar-refractivity contribution in [1.82, 2.24) is 0 Å². The number of fused-ring (bicyclic) bond motifs is 1. The van der Waals surface area contributed by atoms with Crippen LogP contribution in [0.25, 0.3) is 10.8 Å². The molecule has 3 unspecified atom stereocenters. The first-order valence-electron chi connectivity index (χ1n) is 13.2. The van der Waals surface area contributed by atoms with Crippen molar-refractivity contribution in [2.24, 2.45) is 11.8 Å². The van der Waals surface area contributed by atoms with Crippen molar-refractivity contribution >= 4 is 10.8 Å². The third-order valence-corrected chi connectivity index (χ3v) is 7.74. The smallest absolute Gasteiger partial charge is 0.000639 e. The van der Waals surface area contributed by atoms with Crippen LogP contribution in [0.1, 0.15) is 63.1 Å². The molecule has 4 rings (SSSR count). The van der Waals surface area contributed by atoms with Gasteiger partial charge in [0, 0.05) is 0 Å². The maximum absolute atomic E-state index is 2.54. The predicted molar refractivity (Wildman–Crippen MR) is 148 cm³/mol. The quantitative estimate of drug-likeness (QED) is 0.214. The van der Waals surface area contributed by atoms with E-state index in [0.29, 0.717) is 11.8 Å². The van der Waals surface area contributed by atoms with Crippen molar-refractivity contribution < 1.29 is 0 Å². The Hall–Kier alpha value is -2.86. The van der Waals surface area contributed by atoms with Crippen LogP contribution >= 0.6 is 0 Å². The van der Waals surface area contributed by atoms with Crippen molar-refractivity contribution in [3.63, 3.8) is 0 Å². The molecule has 176 valence electrons. The van der Waals surface area contributed by atoms with Crippen LogP contribution in [0.15, 0.2) is 103 Å². The van der Waals surface area contributed by atoms with Gasteiger partial charge in [0.25, 0.3) is 0 Å². The molecule has 0 spiro atoms. The zero-order valence-electron chi connectivity index (χ0n) is 21.2. The van der Waals surface area contributed by atoms with Crippen molar-refractivity contribution in [3.8, 4) is 0 Å². The molecule has 3 atom stereocenters. The van der Waals surface area contributed by atoms with Crippen molar-refractivity contribution in [1.29, 1.82) is 0 Å². The minimum absolute atomic E-state index is 0.0888. The first kappa shape index (κ1) is 24.3. The van der Waals surface area contributed by atoms with Crippen LogP contribution in [0.5, 0.6) is 0 Å². The van der Waals surface area contributed by atoms with E-state index in [0.717, 1.165) is 12.8 Å². The molecule has 0 aliphatic carbocycles. The highest BCUT2D eigenvalue weighted by atomic mass is 14.4. The van der Waals surface area contributed by atoms with Gasteiger partial charge >= 0.3 is 0 Å². The highest BCUT2D eigenvalue weighted by Crippen LogP contribution is 2.43. The first-order valence-corrected chi connectivity index (χ1v) is 13.2. The highest BCUT2D eigenvalue weighted by molar-refractivity contribution is 5.83. The highest BCUT2D eigenvalue weighted by Gasteiger charge is 2.36. The molecule has 0 aliphatic rings. The average molecular weight is 449 g/mol. The minimum atomic E-state index is 0.0888. The second-order valence-corrected chi connectivity index (χ2v) is 10.5. The van der Waals surface area contributed by atoms with Gasteiger partial charge < -0.3 is 0 Å². The Kier molecular flexibility index (Phi) is 8.22. The Bertz CT molecular complexity index is 1140. The normalized spacial score (nSPS) is 15.0. The fourth-order valence-corrected chi connectivity index (χ4v) is 5.78. The summed E-state index contributed by atoms with van der Waals surface area (Å²) in [6.45, 7) is 7.32. The van der Waals surface area contributed by atoms with Crippen LogP contribution in [-0.4, -0.2) is 0 Å². The van der Waals surface area contributed by atoms with E-state index in [4.69, 9.17) is 0 Å². The Morgan fingerprint density at radius 3 is 2.00 bits per heavy atom. The third-order valence-electron chi connectivity index (χ3n) is 7.74. The van der Waals surface area contributed by atoms with Gasteiger partial charge in [-0.05, 0) is 70.4 Å². The van der Waals surface area contributed by atoms with E-state index >= 15 is 0 Å². The largest absolute Gasteiger partial charge is 0.0654 e. The summed E-state index contributed by atoms with van der Waals surface area (Å²) in [7, 11) is 0. The SMILES string of the molecule is CCCCC(CC(C)Cc1ccccc1)C(C)(Cc1ccccc1)c1ccc2ccccc2c1. The molecule has 0 aliphatic heterocycles. The lowest BCUT2D eigenvalue weighted by Crippen LogP contribution is -2.36. The van der Waals surface area contributed by atoms with Crippen LogP contribution in [0, 0.1) is 11.8 Å². The molecule has 0 heterocycles. The molecule has 34 heavy (non-hydrogen) atoms. The van der Waals surface area contributed by atoms with E-state index in [1.165, 1.54) is 53.1 Å². The summed E-state index contributed by atoms with van der Waals surface area (Å²) in [6, 6.07) is 38.2. The summed E-state index contributed by atoms with van der Waals surface area (Å²) >= 11 is 0. The number of hydrogen-bond acceptors (Lipinski definition) is 0. The zero-order chi connectivity index (χ0) is 23.8. The summed E-state index contributed by atoms with van der Waals surface area (Å²) < 4.78 is 0. The standard InChI is InChI=1S/C34H40/c1-4-5-20-32(24-27(2)23-28-14-8-6-9-15-28)34(3,26-29-16-10-7-11-17-29)33-22-21-30-18-12-13-19-31(30)25-33/h6-19,21-22,25,27,32H,4-5,20,23-24,26H2,1-3H3. The summed E-state index contributed by atoms with van der Waals surface area (Å²) in [4.78, 5) is 0. The van der Waals surface area contributed by atoms with Gasteiger partial charge in [0.1, 0.15) is 0 Å². The van der Waals surface area contributed by atoms with Gasteiger partial charge in [0.15, 0.2) is 0 Å². The minimum Gasteiger partial charge on any atom is -0.0654 e. The average Bonchev–Trinajstić information content (AvgIpc) is 2.87. The lowest BCUT2D eigenvalue weighted by atomic mass is 9.63. The topological polar surface area (TPSA) is 0 Å². The molecule has 0 saturated heterocycles. The lowest BCUT2D eigenvalue weighted by Gasteiger charge is -2.41. The van der Waals surface area contributed by atoms with Crippen LogP contribution < -0.4 is 0 Å². The van der Waals surface area contributed by atoms with Gasteiger partial charge in [0.05, 0.1) is 0 Å². The molecule has 4 aromatic rings. The van der Waals surface area contributed by atoms with Gasteiger partial charge in [-0.15, -0.1) is 0 Å². The molecular formula is C34H40. The number of unbranched alkanes of at least 4 members (excludes halogenated alkanes) is 1. The van der Waals surface area contributed by atoms with Gasteiger partial charge in [0.2, 0.25) is 0 Å². The summed E-state index contributed by atoms with van der Waals surface area (Å²) in [5.74, 6) is 1.28. The Morgan fingerprint density at radius 2 is 1.32 bits per heavy atom.